The normalized spacial score (nSPS) is 11.7. The van der Waals surface area contributed by atoms with Crippen LogP contribution in [0.25, 0.3) is 115 Å². The molecule has 4 nitrogen and oxygen atoms in total. The van der Waals surface area contributed by atoms with Gasteiger partial charge in [0, 0.05) is 48.6 Å². The van der Waals surface area contributed by atoms with Crippen LogP contribution in [-0.2, 0) is 0 Å². The SMILES string of the molecule is c1ccc(-c2ccc3sc4c(c3c2)c2ccccc2c2c3cc(-c5ccccc5)ccc3n(-c3ccc(-c5nc(-c6ccccc6)nc(-c6ccccc6)n5)cc3)c42)cc1. The molecule has 5 heteroatoms. The van der Waals surface area contributed by atoms with Crippen LogP contribution >= 0.6 is 11.3 Å². The predicted molar refractivity (Wildman–Crippen MR) is 252 cm³/mol. The van der Waals surface area contributed by atoms with Crippen LogP contribution in [0.15, 0.2) is 206 Å². The lowest BCUT2D eigenvalue weighted by Crippen LogP contribution is -2.00. The second-order valence-electron chi connectivity index (χ2n) is 15.2. The van der Waals surface area contributed by atoms with Crippen LogP contribution in [-0.4, -0.2) is 19.5 Å². The summed E-state index contributed by atoms with van der Waals surface area (Å²) in [4.78, 5) is 15.0. The molecule has 0 aliphatic rings. The van der Waals surface area contributed by atoms with Gasteiger partial charge in [0.05, 0.1) is 15.7 Å². The Labute approximate surface area is 350 Å². The molecule has 0 saturated heterocycles. The highest BCUT2D eigenvalue weighted by Crippen LogP contribution is 2.49. The van der Waals surface area contributed by atoms with E-state index in [0.29, 0.717) is 17.5 Å². The van der Waals surface area contributed by atoms with E-state index in [1.54, 1.807) is 0 Å². The van der Waals surface area contributed by atoms with Crippen molar-refractivity contribution in [1.82, 2.24) is 19.5 Å². The molecule has 60 heavy (non-hydrogen) atoms. The lowest BCUT2D eigenvalue weighted by Gasteiger charge is -2.12. The molecule has 0 fully saturated rings. The second kappa shape index (κ2) is 14.0. The van der Waals surface area contributed by atoms with Gasteiger partial charge in [-0.05, 0) is 81.6 Å². The van der Waals surface area contributed by atoms with Crippen molar-refractivity contribution in [2.45, 2.75) is 0 Å². The lowest BCUT2D eigenvalue weighted by atomic mass is 9.96. The van der Waals surface area contributed by atoms with Crippen LogP contribution in [0.5, 0.6) is 0 Å². The molecule has 9 aromatic carbocycles. The van der Waals surface area contributed by atoms with Crippen molar-refractivity contribution in [1.29, 1.82) is 0 Å². The van der Waals surface area contributed by atoms with Crippen LogP contribution in [0.1, 0.15) is 0 Å². The molecule has 3 aromatic heterocycles. The van der Waals surface area contributed by atoms with Gasteiger partial charge in [0.2, 0.25) is 0 Å². The van der Waals surface area contributed by atoms with E-state index in [2.05, 4.69) is 150 Å². The molecule has 280 valence electrons. The van der Waals surface area contributed by atoms with Crippen LogP contribution in [0.4, 0.5) is 0 Å². The zero-order valence-electron chi connectivity index (χ0n) is 32.3. The summed E-state index contributed by atoms with van der Waals surface area (Å²) < 4.78 is 5.03. The maximum Gasteiger partial charge on any atom is 0.164 e. The Hall–Kier alpha value is -7.73. The quantitative estimate of drug-likeness (QED) is 0.169. The van der Waals surface area contributed by atoms with E-state index in [4.69, 9.17) is 15.0 Å². The second-order valence-corrected chi connectivity index (χ2v) is 16.2. The van der Waals surface area contributed by atoms with Gasteiger partial charge in [-0.1, -0.05) is 158 Å². The van der Waals surface area contributed by atoms with Crippen LogP contribution in [0.2, 0.25) is 0 Å². The molecular weight excluding hydrogens is 749 g/mol. The van der Waals surface area contributed by atoms with Crippen molar-refractivity contribution < 1.29 is 0 Å². The van der Waals surface area contributed by atoms with Crippen LogP contribution < -0.4 is 0 Å². The predicted octanol–water partition coefficient (Wildman–Crippen LogP) is 14.8. The number of benzene rings is 9. The fourth-order valence-corrected chi connectivity index (χ4v) is 10.1. The summed E-state index contributed by atoms with van der Waals surface area (Å²) in [6.45, 7) is 0. The molecule has 0 atom stereocenters. The van der Waals surface area contributed by atoms with Gasteiger partial charge in [-0.15, -0.1) is 11.3 Å². The Morgan fingerprint density at radius 2 is 0.767 bits per heavy atom. The van der Waals surface area contributed by atoms with Gasteiger partial charge in [0.1, 0.15) is 0 Å². The summed E-state index contributed by atoms with van der Waals surface area (Å²) in [6.07, 6.45) is 0. The molecule has 0 spiro atoms. The van der Waals surface area contributed by atoms with Crippen molar-refractivity contribution >= 4 is 64.1 Å². The molecule has 12 rings (SSSR count). The monoisotopic (exact) mass is 782 g/mol. The molecule has 0 bridgehead atoms. The lowest BCUT2D eigenvalue weighted by molar-refractivity contribution is 1.07. The van der Waals surface area contributed by atoms with E-state index >= 15 is 0 Å². The molecule has 0 amide bonds. The number of thiophene rings is 1. The summed E-state index contributed by atoms with van der Waals surface area (Å²) in [6, 6.07) is 73.3. The van der Waals surface area contributed by atoms with Crippen molar-refractivity contribution in [3.63, 3.8) is 0 Å². The summed E-state index contributed by atoms with van der Waals surface area (Å²) in [7, 11) is 0. The summed E-state index contributed by atoms with van der Waals surface area (Å²) in [5.74, 6) is 1.93. The number of rotatable bonds is 6. The van der Waals surface area contributed by atoms with E-state index in [0.717, 1.165) is 27.9 Å². The summed E-state index contributed by atoms with van der Waals surface area (Å²) in [5.41, 5.74) is 11.1. The van der Waals surface area contributed by atoms with E-state index in [1.807, 2.05) is 72.0 Å². The largest absolute Gasteiger partial charge is 0.308 e. The van der Waals surface area contributed by atoms with Crippen molar-refractivity contribution in [2.24, 2.45) is 0 Å². The maximum atomic E-state index is 5.03. The molecule has 0 aliphatic carbocycles. The van der Waals surface area contributed by atoms with E-state index in [1.165, 1.54) is 69.5 Å². The smallest absolute Gasteiger partial charge is 0.164 e. The minimum Gasteiger partial charge on any atom is -0.308 e. The standard InChI is InChI=1S/C55H34N4S/c1-5-15-35(16-6-1)40-27-31-47-45(33-40)49-43-23-13-14-24-44(43)50-46-34-41(36-17-7-2-8-18-36)28-32-48(46)60-52(50)51(49)59(47)42-29-25-39(26-30-42)55-57-53(37-19-9-3-10-20-37)56-54(58-55)38-21-11-4-12-22-38/h1-34H. The van der Waals surface area contributed by atoms with Crippen LogP contribution in [0.3, 0.4) is 0 Å². The summed E-state index contributed by atoms with van der Waals surface area (Å²) in [5, 5.41) is 7.60. The zero-order chi connectivity index (χ0) is 39.6. The Balaban J connectivity index is 1.12. The first kappa shape index (κ1) is 34.3. The molecule has 0 unspecified atom stereocenters. The zero-order valence-corrected chi connectivity index (χ0v) is 33.1. The third-order valence-corrected chi connectivity index (χ3v) is 12.8. The fourth-order valence-electron chi connectivity index (χ4n) is 8.82. The number of fused-ring (bicyclic) bond motifs is 10. The maximum absolute atomic E-state index is 5.03. The molecule has 12 aromatic rings. The number of aromatic nitrogens is 4. The molecule has 0 aliphatic heterocycles. The van der Waals surface area contributed by atoms with Crippen LogP contribution in [0, 0.1) is 0 Å². The topological polar surface area (TPSA) is 43.6 Å². The first-order chi connectivity index (χ1) is 29.7. The Morgan fingerprint density at radius 3 is 1.32 bits per heavy atom. The van der Waals surface area contributed by atoms with Crippen molar-refractivity contribution in [2.75, 3.05) is 0 Å². The first-order valence-electron chi connectivity index (χ1n) is 20.2. The van der Waals surface area contributed by atoms with E-state index in [9.17, 15) is 0 Å². The third kappa shape index (κ3) is 5.63. The Kier molecular flexibility index (Phi) is 8.00. The summed E-state index contributed by atoms with van der Waals surface area (Å²) >= 11 is 1.89. The van der Waals surface area contributed by atoms with Gasteiger partial charge in [-0.25, -0.2) is 15.0 Å². The highest BCUT2D eigenvalue weighted by atomic mass is 32.1. The fraction of sp³-hybridized carbons (Fsp3) is 0. The van der Waals surface area contributed by atoms with Crippen molar-refractivity contribution in [3.8, 4) is 62.1 Å². The highest BCUT2D eigenvalue weighted by molar-refractivity contribution is 7.27. The van der Waals surface area contributed by atoms with Gasteiger partial charge < -0.3 is 4.57 Å². The van der Waals surface area contributed by atoms with Gasteiger partial charge in [-0.2, -0.15) is 0 Å². The van der Waals surface area contributed by atoms with Gasteiger partial charge in [0.25, 0.3) is 0 Å². The van der Waals surface area contributed by atoms with E-state index < -0.39 is 0 Å². The molecular formula is C55H34N4S. The first-order valence-corrected chi connectivity index (χ1v) is 21.0. The van der Waals surface area contributed by atoms with Gasteiger partial charge in [0.15, 0.2) is 17.5 Å². The van der Waals surface area contributed by atoms with E-state index in [-0.39, 0.29) is 0 Å². The molecule has 0 N–H and O–H groups in total. The average molecular weight is 783 g/mol. The third-order valence-electron chi connectivity index (χ3n) is 11.6. The Morgan fingerprint density at radius 1 is 0.333 bits per heavy atom. The number of hydrogen-bond donors (Lipinski definition) is 0. The molecule has 0 saturated carbocycles. The minimum absolute atomic E-state index is 0.635. The average Bonchev–Trinajstić information content (AvgIpc) is 3.89. The Bertz CT molecular complexity index is 3500. The highest BCUT2D eigenvalue weighted by Gasteiger charge is 2.23. The van der Waals surface area contributed by atoms with Gasteiger partial charge in [-0.3, -0.25) is 0 Å². The minimum atomic E-state index is 0.635. The molecule has 0 radical (unpaired) electrons. The van der Waals surface area contributed by atoms with Crippen molar-refractivity contribution in [3.05, 3.63) is 206 Å². The number of nitrogens with zero attached hydrogens (tertiary/aromatic N) is 4. The number of hydrogen-bond acceptors (Lipinski definition) is 4. The molecule has 3 heterocycles. The van der Waals surface area contributed by atoms with Gasteiger partial charge >= 0.3 is 0 Å².